The van der Waals surface area contributed by atoms with Crippen LogP contribution in [0.1, 0.15) is 26.2 Å². The van der Waals surface area contributed by atoms with E-state index in [0.717, 1.165) is 6.42 Å². The SMILES string of the molecule is CC(=O)CCC(=O)Nc1ccc2c(c1)OCCCO2. The summed E-state index contributed by atoms with van der Waals surface area (Å²) in [4.78, 5) is 22.4. The number of anilines is 1. The van der Waals surface area contributed by atoms with E-state index in [4.69, 9.17) is 9.47 Å². The Morgan fingerprint density at radius 3 is 2.63 bits per heavy atom. The van der Waals surface area contributed by atoms with Crippen molar-refractivity contribution < 1.29 is 19.1 Å². The van der Waals surface area contributed by atoms with E-state index in [1.54, 1.807) is 18.2 Å². The van der Waals surface area contributed by atoms with Gasteiger partial charge in [0.2, 0.25) is 5.91 Å². The van der Waals surface area contributed by atoms with Crippen LogP contribution in [-0.4, -0.2) is 24.9 Å². The van der Waals surface area contributed by atoms with E-state index in [9.17, 15) is 9.59 Å². The number of benzene rings is 1. The van der Waals surface area contributed by atoms with Crippen LogP contribution in [-0.2, 0) is 9.59 Å². The summed E-state index contributed by atoms with van der Waals surface area (Å²) in [6.07, 6.45) is 1.30. The lowest BCUT2D eigenvalue weighted by molar-refractivity contribution is -0.121. The fraction of sp³-hybridized carbons (Fsp3) is 0.429. The number of Topliss-reactive ketones (excluding diaryl/α,β-unsaturated/α-hetero) is 1. The Hall–Kier alpha value is -2.04. The summed E-state index contributed by atoms with van der Waals surface area (Å²) in [5.74, 6) is 1.17. The summed E-state index contributed by atoms with van der Waals surface area (Å²) in [5.41, 5.74) is 0.651. The van der Waals surface area contributed by atoms with E-state index >= 15 is 0 Å². The van der Waals surface area contributed by atoms with Crippen molar-refractivity contribution in [3.05, 3.63) is 18.2 Å². The van der Waals surface area contributed by atoms with Crippen LogP contribution < -0.4 is 14.8 Å². The highest BCUT2D eigenvalue weighted by Crippen LogP contribution is 2.32. The highest BCUT2D eigenvalue weighted by atomic mass is 16.5. The summed E-state index contributed by atoms with van der Waals surface area (Å²) in [7, 11) is 0. The van der Waals surface area contributed by atoms with Crippen LogP contribution in [0.5, 0.6) is 11.5 Å². The molecule has 19 heavy (non-hydrogen) atoms. The zero-order valence-electron chi connectivity index (χ0n) is 10.9. The lowest BCUT2D eigenvalue weighted by Crippen LogP contribution is -2.12. The van der Waals surface area contributed by atoms with Crippen molar-refractivity contribution >= 4 is 17.4 Å². The van der Waals surface area contributed by atoms with Gasteiger partial charge in [0.05, 0.1) is 13.2 Å². The molecule has 0 atom stereocenters. The Balaban J connectivity index is 1.99. The van der Waals surface area contributed by atoms with Crippen LogP contribution in [0.25, 0.3) is 0 Å². The molecule has 0 bridgehead atoms. The monoisotopic (exact) mass is 263 g/mol. The quantitative estimate of drug-likeness (QED) is 0.904. The standard InChI is InChI=1S/C14H17NO4/c1-10(16)3-6-14(17)15-11-4-5-12-13(9-11)19-8-2-7-18-12/h4-5,9H,2-3,6-8H2,1H3,(H,15,17). The average Bonchev–Trinajstić information content (AvgIpc) is 2.61. The maximum atomic E-state index is 11.6. The number of ketones is 1. The molecule has 0 radical (unpaired) electrons. The molecule has 0 unspecified atom stereocenters. The van der Waals surface area contributed by atoms with E-state index in [-0.39, 0.29) is 24.5 Å². The molecule has 0 aromatic heterocycles. The molecular weight excluding hydrogens is 246 g/mol. The average molecular weight is 263 g/mol. The summed E-state index contributed by atoms with van der Waals surface area (Å²) >= 11 is 0. The molecule has 2 rings (SSSR count). The molecule has 1 N–H and O–H groups in total. The highest BCUT2D eigenvalue weighted by molar-refractivity contribution is 5.93. The highest BCUT2D eigenvalue weighted by Gasteiger charge is 2.12. The number of hydrogen-bond donors (Lipinski definition) is 1. The molecule has 0 aliphatic carbocycles. The van der Waals surface area contributed by atoms with E-state index in [1.165, 1.54) is 6.92 Å². The first kappa shape index (κ1) is 13.4. The third-order valence-electron chi connectivity index (χ3n) is 2.74. The molecule has 1 heterocycles. The van der Waals surface area contributed by atoms with Gasteiger partial charge >= 0.3 is 0 Å². The largest absolute Gasteiger partial charge is 0.490 e. The summed E-state index contributed by atoms with van der Waals surface area (Å²) in [5, 5.41) is 2.74. The van der Waals surface area contributed by atoms with Gasteiger partial charge in [-0.1, -0.05) is 0 Å². The molecule has 0 spiro atoms. The van der Waals surface area contributed by atoms with Crippen LogP contribution in [0, 0.1) is 0 Å². The van der Waals surface area contributed by atoms with Crippen LogP contribution in [0.15, 0.2) is 18.2 Å². The van der Waals surface area contributed by atoms with Gasteiger partial charge in [-0.25, -0.2) is 0 Å². The Labute approximate surface area is 111 Å². The van der Waals surface area contributed by atoms with E-state index in [2.05, 4.69) is 5.32 Å². The number of carbonyl (C=O) groups is 2. The number of carbonyl (C=O) groups excluding carboxylic acids is 2. The number of ether oxygens (including phenoxy) is 2. The van der Waals surface area contributed by atoms with Crippen molar-refractivity contribution in [1.82, 2.24) is 0 Å². The van der Waals surface area contributed by atoms with E-state index in [0.29, 0.717) is 30.4 Å². The van der Waals surface area contributed by atoms with Crippen LogP contribution in [0.4, 0.5) is 5.69 Å². The van der Waals surface area contributed by atoms with Gasteiger partial charge in [0.1, 0.15) is 5.78 Å². The minimum Gasteiger partial charge on any atom is -0.490 e. The van der Waals surface area contributed by atoms with Gasteiger partial charge in [0, 0.05) is 31.0 Å². The maximum Gasteiger partial charge on any atom is 0.224 e. The second-order valence-corrected chi connectivity index (χ2v) is 4.46. The summed E-state index contributed by atoms with van der Waals surface area (Å²) in [6.45, 7) is 2.72. The van der Waals surface area contributed by atoms with E-state index in [1.807, 2.05) is 0 Å². The third-order valence-corrected chi connectivity index (χ3v) is 2.74. The predicted molar refractivity (Wildman–Crippen MR) is 70.6 cm³/mol. The number of hydrogen-bond acceptors (Lipinski definition) is 4. The second-order valence-electron chi connectivity index (χ2n) is 4.46. The smallest absolute Gasteiger partial charge is 0.224 e. The maximum absolute atomic E-state index is 11.6. The third kappa shape index (κ3) is 3.98. The van der Waals surface area contributed by atoms with Gasteiger partial charge in [-0.15, -0.1) is 0 Å². The van der Waals surface area contributed by atoms with Crippen LogP contribution in [0.2, 0.25) is 0 Å². The van der Waals surface area contributed by atoms with Gasteiger partial charge < -0.3 is 19.6 Å². The second kappa shape index (κ2) is 6.22. The minimum absolute atomic E-state index is 0.00816. The Morgan fingerprint density at radius 1 is 1.16 bits per heavy atom. The fourth-order valence-electron chi connectivity index (χ4n) is 1.75. The molecule has 1 amide bonds. The molecule has 102 valence electrons. The number of fused-ring (bicyclic) bond motifs is 1. The first-order valence-corrected chi connectivity index (χ1v) is 6.34. The van der Waals surface area contributed by atoms with Crippen LogP contribution >= 0.6 is 0 Å². The molecule has 1 aromatic carbocycles. The van der Waals surface area contributed by atoms with Gasteiger partial charge in [0.15, 0.2) is 11.5 Å². The van der Waals surface area contributed by atoms with Crippen molar-refractivity contribution in [2.24, 2.45) is 0 Å². The lowest BCUT2D eigenvalue weighted by Gasteiger charge is -2.10. The first-order chi connectivity index (χ1) is 9.15. The van der Waals surface area contributed by atoms with Crippen molar-refractivity contribution in [3.63, 3.8) is 0 Å². The van der Waals surface area contributed by atoms with Gasteiger partial charge in [-0.2, -0.15) is 0 Å². The molecular formula is C14H17NO4. The summed E-state index contributed by atoms with van der Waals surface area (Å²) in [6, 6.07) is 5.28. The normalized spacial score (nSPS) is 13.5. The molecule has 1 aliphatic heterocycles. The van der Waals surface area contributed by atoms with Crippen molar-refractivity contribution in [1.29, 1.82) is 0 Å². The van der Waals surface area contributed by atoms with Gasteiger partial charge in [-0.05, 0) is 19.1 Å². The fourth-order valence-corrected chi connectivity index (χ4v) is 1.75. The Kier molecular flexibility index (Phi) is 4.39. The van der Waals surface area contributed by atoms with Gasteiger partial charge in [-0.3, -0.25) is 4.79 Å². The topological polar surface area (TPSA) is 64.6 Å². The van der Waals surface area contributed by atoms with E-state index < -0.39 is 0 Å². The Bertz CT molecular complexity index is 484. The Morgan fingerprint density at radius 2 is 1.89 bits per heavy atom. The van der Waals surface area contributed by atoms with Crippen molar-refractivity contribution in [2.75, 3.05) is 18.5 Å². The summed E-state index contributed by atoms with van der Waals surface area (Å²) < 4.78 is 11.0. The van der Waals surface area contributed by atoms with Gasteiger partial charge in [0.25, 0.3) is 0 Å². The zero-order valence-corrected chi connectivity index (χ0v) is 10.9. The molecule has 5 heteroatoms. The molecule has 1 aromatic rings. The molecule has 1 aliphatic rings. The number of nitrogens with one attached hydrogen (secondary N) is 1. The molecule has 0 saturated heterocycles. The lowest BCUT2D eigenvalue weighted by atomic mass is 10.2. The van der Waals surface area contributed by atoms with Crippen LogP contribution in [0.3, 0.4) is 0 Å². The number of rotatable bonds is 4. The predicted octanol–water partition coefficient (Wildman–Crippen LogP) is 2.16. The van der Waals surface area contributed by atoms with Crippen molar-refractivity contribution in [2.45, 2.75) is 26.2 Å². The number of amides is 1. The minimum atomic E-state index is -0.176. The molecule has 5 nitrogen and oxygen atoms in total. The first-order valence-electron chi connectivity index (χ1n) is 6.34. The van der Waals surface area contributed by atoms with Crippen molar-refractivity contribution in [3.8, 4) is 11.5 Å². The molecule has 0 fully saturated rings. The zero-order chi connectivity index (χ0) is 13.7. The molecule has 0 saturated carbocycles.